The van der Waals surface area contributed by atoms with Crippen LogP contribution in [0.2, 0.25) is 0 Å². The van der Waals surface area contributed by atoms with Gasteiger partial charge in [0.1, 0.15) is 24.4 Å². The molecule has 1 aromatic rings. The van der Waals surface area contributed by atoms with Crippen LogP contribution in [0.15, 0.2) is 24.3 Å². The molecule has 4 aliphatic rings. The topological polar surface area (TPSA) is 85.3 Å². The Labute approximate surface area is 126 Å². The number of amides is 2. The molecule has 2 bridgehead atoms. The Balaban J connectivity index is 1.73. The van der Waals surface area contributed by atoms with Crippen molar-refractivity contribution in [2.75, 3.05) is 13.7 Å². The van der Waals surface area contributed by atoms with Gasteiger partial charge in [-0.15, -0.1) is 0 Å². The molecular weight excluding hydrogens is 291 g/mol. The number of hydrogen-bond acceptors (Lipinski definition) is 6. The largest absolute Gasteiger partial charge is 0.388 e. The molecule has 3 fully saturated rings. The molecule has 0 saturated carbocycles. The van der Waals surface area contributed by atoms with Gasteiger partial charge >= 0.3 is 0 Å². The van der Waals surface area contributed by atoms with Crippen molar-refractivity contribution in [2.45, 2.75) is 30.6 Å². The number of ether oxygens (including phenoxy) is 3. The first kappa shape index (κ1) is 13.8. The smallest absolute Gasteiger partial charge is 0.261 e. The number of nitrogens with zero attached hydrogens (tertiary/aromatic N) is 1. The number of carbonyl (C=O) groups is 2. The molecule has 116 valence electrons. The molecule has 7 nitrogen and oxygen atoms in total. The minimum atomic E-state index is -0.993. The summed E-state index contributed by atoms with van der Waals surface area (Å²) in [5.41, 5.74) is 0.687. The van der Waals surface area contributed by atoms with Crippen molar-refractivity contribution in [2.24, 2.45) is 0 Å². The van der Waals surface area contributed by atoms with Crippen molar-refractivity contribution in [1.82, 2.24) is 4.90 Å². The van der Waals surface area contributed by atoms with Gasteiger partial charge in [-0.2, -0.15) is 0 Å². The normalized spacial score (nSPS) is 36.8. The summed E-state index contributed by atoms with van der Waals surface area (Å²) in [6, 6.07) is 5.80. The molecule has 4 heterocycles. The first-order chi connectivity index (χ1) is 10.6. The van der Waals surface area contributed by atoms with Crippen LogP contribution in [0.5, 0.6) is 0 Å². The fraction of sp³-hybridized carbons (Fsp3) is 0.467. The van der Waals surface area contributed by atoms with E-state index in [1.165, 1.54) is 7.11 Å². The van der Waals surface area contributed by atoms with Crippen LogP contribution in [0.25, 0.3) is 0 Å². The number of imide groups is 1. The van der Waals surface area contributed by atoms with E-state index < -0.39 is 42.5 Å². The maximum absolute atomic E-state index is 12.6. The molecule has 0 unspecified atom stereocenters. The molecule has 3 saturated heterocycles. The summed E-state index contributed by atoms with van der Waals surface area (Å²) in [7, 11) is 1.46. The fourth-order valence-electron chi connectivity index (χ4n) is 3.39. The molecule has 0 radical (unpaired) electrons. The minimum absolute atomic E-state index is 0.214. The Morgan fingerprint density at radius 2 is 1.86 bits per heavy atom. The number of aliphatic hydroxyl groups is 1. The molecule has 7 heteroatoms. The van der Waals surface area contributed by atoms with Crippen molar-refractivity contribution in [3.63, 3.8) is 0 Å². The standard InChI is InChI=1S/C15H15NO6/c1-20-15-12-10(11(17)9(22-15)6-21-12)16-13(18)7-4-2-3-5-8(7)14(16)19/h2-5,9-12,15,17H,6H2,1H3/t9-,10+,11-,12+,15+/m1/s1/i16+1. The van der Waals surface area contributed by atoms with Gasteiger partial charge < -0.3 is 19.3 Å². The number of benzene rings is 1. The van der Waals surface area contributed by atoms with Crippen LogP contribution in [0.3, 0.4) is 0 Å². The van der Waals surface area contributed by atoms with Gasteiger partial charge in [0.25, 0.3) is 11.8 Å². The summed E-state index contributed by atoms with van der Waals surface area (Å²) in [5, 5.41) is 10.4. The van der Waals surface area contributed by atoms with Gasteiger partial charge in [-0.3, -0.25) is 14.5 Å². The molecule has 5 atom stereocenters. The highest BCUT2D eigenvalue weighted by Gasteiger charge is 2.57. The summed E-state index contributed by atoms with van der Waals surface area (Å²) >= 11 is 0. The Kier molecular flexibility index (Phi) is 3.05. The maximum atomic E-state index is 12.6. The number of fused-ring (bicyclic) bond motifs is 4. The van der Waals surface area contributed by atoms with Gasteiger partial charge in [-0.05, 0) is 12.1 Å². The number of carbonyl (C=O) groups excluding carboxylic acids is 2. The quantitative estimate of drug-likeness (QED) is 0.601. The number of rotatable bonds is 2. The second-order valence-corrected chi connectivity index (χ2v) is 5.58. The van der Waals surface area contributed by atoms with Crippen LogP contribution in [0.4, 0.5) is 0 Å². The monoisotopic (exact) mass is 306 g/mol. The van der Waals surface area contributed by atoms with Crippen LogP contribution >= 0.6 is 0 Å². The molecule has 1 N–H and O–H groups in total. The Bertz CT molecular complexity index is 612. The lowest BCUT2D eigenvalue weighted by atomic mass is 9.94. The molecule has 0 spiro atoms. The lowest BCUT2D eigenvalue weighted by molar-refractivity contribution is -0.334. The van der Waals surface area contributed by atoms with Crippen LogP contribution < -0.4 is 0 Å². The van der Waals surface area contributed by atoms with Crippen molar-refractivity contribution in [1.29, 1.82) is 0 Å². The number of hydrogen-bond donors (Lipinski definition) is 1. The average Bonchev–Trinajstić information content (AvgIpc) is 2.80. The van der Waals surface area contributed by atoms with Crippen molar-refractivity contribution < 1.29 is 28.9 Å². The van der Waals surface area contributed by atoms with Gasteiger partial charge in [0, 0.05) is 7.11 Å². The number of methoxy groups -OCH3 is 1. The third kappa shape index (κ3) is 1.70. The molecule has 4 aliphatic heterocycles. The molecule has 5 rings (SSSR count). The van der Waals surface area contributed by atoms with Crippen LogP contribution in [-0.2, 0) is 14.2 Å². The second-order valence-electron chi connectivity index (χ2n) is 5.58. The van der Waals surface area contributed by atoms with Gasteiger partial charge in [0.05, 0.1) is 17.7 Å². The van der Waals surface area contributed by atoms with Crippen LogP contribution in [-0.4, -0.2) is 66.2 Å². The molecule has 0 aromatic heterocycles. The highest BCUT2D eigenvalue weighted by atomic mass is 16.7. The predicted octanol–water partition coefficient (Wildman–Crippen LogP) is -0.218. The third-order valence-corrected chi connectivity index (χ3v) is 4.45. The summed E-state index contributed by atoms with van der Waals surface area (Å²) in [4.78, 5) is 26.2. The molecule has 2 amide bonds. The summed E-state index contributed by atoms with van der Waals surface area (Å²) < 4.78 is 16.4. The molecule has 22 heavy (non-hydrogen) atoms. The van der Waals surface area contributed by atoms with Crippen LogP contribution in [0, 0.1) is 0 Å². The summed E-state index contributed by atoms with van der Waals surface area (Å²) in [6.07, 6.45) is -3.03. The van der Waals surface area contributed by atoms with Gasteiger partial charge in [-0.1, -0.05) is 12.1 Å². The van der Waals surface area contributed by atoms with E-state index in [2.05, 4.69) is 0 Å². The summed E-state index contributed by atoms with van der Waals surface area (Å²) in [6.45, 7) is 0.214. The van der Waals surface area contributed by atoms with E-state index in [1.54, 1.807) is 24.3 Å². The fourth-order valence-corrected chi connectivity index (χ4v) is 3.39. The van der Waals surface area contributed by atoms with E-state index in [0.29, 0.717) is 11.1 Å². The molecular formula is C15H15NO6. The van der Waals surface area contributed by atoms with E-state index in [-0.39, 0.29) is 6.61 Å². The highest BCUT2D eigenvalue weighted by molar-refractivity contribution is 6.21. The Morgan fingerprint density at radius 1 is 1.23 bits per heavy atom. The van der Waals surface area contributed by atoms with Crippen LogP contribution in [0.1, 0.15) is 20.7 Å². The zero-order valence-corrected chi connectivity index (χ0v) is 11.8. The lowest BCUT2D eigenvalue weighted by Crippen LogP contribution is -2.70. The average molecular weight is 306 g/mol. The second kappa shape index (κ2) is 4.85. The van der Waals surface area contributed by atoms with Crippen molar-refractivity contribution in [3.8, 4) is 0 Å². The van der Waals surface area contributed by atoms with Crippen molar-refractivity contribution >= 4 is 11.8 Å². The Hall–Kier alpha value is -1.80. The SMILES string of the molecule is CO[C@H]1O[C@@H]2CO[C@H]1[C@@H]([15N]1C(=O)c3ccccc3C1=O)[C@@H]2O. The molecule has 1 aromatic carbocycles. The summed E-state index contributed by atoms with van der Waals surface area (Å²) in [5.74, 6) is -0.841. The van der Waals surface area contributed by atoms with Gasteiger partial charge in [0.2, 0.25) is 0 Å². The third-order valence-electron chi connectivity index (χ3n) is 4.45. The Morgan fingerprint density at radius 3 is 2.45 bits per heavy atom. The van der Waals surface area contributed by atoms with E-state index in [4.69, 9.17) is 14.2 Å². The minimum Gasteiger partial charge on any atom is -0.388 e. The van der Waals surface area contributed by atoms with Gasteiger partial charge in [-0.25, -0.2) is 0 Å². The maximum Gasteiger partial charge on any atom is 0.261 e. The first-order valence-electron chi connectivity index (χ1n) is 7.08. The predicted molar refractivity (Wildman–Crippen MR) is 72.1 cm³/mol. The van der Waals surface area contributed by atoms with Crippen molar-refractivity contribution in [3.05, 3.63) is 35.4 Å². The molecule has 0 aliphatic carbocycles. The zero-order valence-electron chi connectivity index (χ0n) is 11.8. The highest BCUT2D eigenvalue weighted by Crippen LogP contribution is 2.36. The van der Waals surface area contributed by atoms with E-state index in [0.717, 1.165) is 4.90 Å². The van der Waals surface area contributed by atoms with E-state index >= 15 is 0 Å². The lowest BCUT2D eigenvalue weighted by Gasteiger charge is -2.50. The zero-order chi connectivity index (χ0) is 15.4. The number of aliphatic hydroxyl groups excluding tert-OH is 1. The van der Waals surface area contributed by atoms with E-state index in [1.807, 2.05) is 0 Å². The first-order valence-corrected chi connectivity index (χ1v) is 7.08. The van der Waals surface area contributed by atoms with E-state index in [9.17, 15) is 14.7 Å². The van der Waals surface area contributed by atoms with Gasteiger partial charge in [0.15, 0.2) is 6.29 Å².